The van der Waals surface area contributed by atoms with E-state index in [1.807, 2.05) is 53.2 Å². The first kappa shape index (κ1) is 17.8. The second kappa shape index (κ2) is 7.55. The molecule has 4 rings (SSSR count). The first-order chi connectivity index (χ1) is 13.1. The minimum absolute atomic E-state index is 0.0547. The van der Waals surface area contributed by atoms with Gasteiger partial charge in [-0.1, -0.05) is 31.0 Å². The van der Waals surface area contributed by atoms with Crippen LogP contribution >= 0.6 is 0 Å². The predicted octanol–water partition coefficient (Wildman–Crippen LogP) is 2.62. The fraction of sp³-hybridized carbons (Fsp3) is 0.476. The minimum atomic E-state index is -0.222. The lowest BCUT2D eigenvalue weighted by molar-refractivity contribution is -0.135. The number of likely N-dealkylation sites (tertiary alicyclic amines) is 1. The van der Waals surface area contributed by atoms with E-state index in [1.54, 1.807) is 11.1 Å². The van der Waals surface area contributed by atoms with E-state index in [0.717, 1.165) is 24.1 Å². The molecule has 2 fully saturated rings. The Morgan fingerprint density at radius 3 is 2.74 bits per heavy atom. The SMILES string of the molecule is CN(Cc1ccccc1-n1cccn1)C(=O)[C@H]1CC(=O)N(C2CCCC2)C1. The first-order valence-electron chi connectivity index (χ1n) is 9.76. The third-order valence-electron chi connectivity index (χ3n) is 5.80. The van der Waals surface area contributed by atoms with Gasteiger partial charge in [0.1, 0.15) is 0 Å². The summed E-state index contributed by atoms with van der Waals surface area (Å²) >= 11 is 0. The van der Waals surface area contributed by atoms with Crippen LogP contribution in [0.15, 0.2) is 42.7 Å². The van der Waals surface area contributed by atoms with Gasteiger partial charge in [0.05, 0.1) is 11.6 Å². The Morgan fingerprint density at radius 1 is 1.22 bits per heavy atom. The zero-order valence-corrected chi connectivity index (χ0v) is 15.8. The molecule has 0 bridgehead atoms. The molecule has 0 spiro atoms. The summed E-state index contributed by atoms with van der Waals surface area (Å²) < 4.78 is 1.81. The maximum Gasteiger partial charge on any atom is 0.228 e. The molecule has 0 unspecified atom stereocenters. The lowest BCUT2D eigenvalue weighted by Crippen LogP contribution is -2.37. The van der Waals surface area contributed by atoms with Gasteiger partial charge in [-0.15, -0.1) is 0 Å². The number of carbonyl (C=O) groups excluding carboxylic acids is 2. The van der Waals surface area contributed by atoms with Crippen molar-refractivity contribution in [3.63, 3.8) is 0 Å². The smallest absolute Gasteiger partial charge is 0.228 e. The normalized spacial score (nSPS) is 20.4. The van der Waals surface area contributed by atoms with Crippen molar-refractivity contribution in [2.24, 2.45) is 5.92 Å². The van der Waals surface area contributed by atoms with Crippen molar-refractivity contribution in [2.45, 2.75) is 44.7 Å². The lowest BCUT2D eigenvalue weighted by Gasteiger charge is -2.25. The van der Waals surface area contributed by atoms with Crippen LogP contribution in [0.1, 0.15) is 37.7 Å². The third-order valence-corrected chi connectivity index (χ3v) is 5.80. The van der Waals surface area contributed by atoms with Gasteiger partial charge in [-0.05, 0) is 30.5 Å². The molecule has 0 N–H and O–H groups in total. The van der Waals surface area contributed by atoms with E-state index in [4.69, 9.17) is 0 Å². The van der Waals surface area contributed by atoms with E-state index in [0.29, 0.717) is 25.6 Å². The van der Waals surface area contributed by atoms with Crippen LogP contribution in [-0.2, 0) is 16.1 Å². The number of amides is 2. The van der Waals surface area contributed by atoms with Crippen molar-refractivity contribution in [2.75, 3.05) is 13.6 Å². The fourth-order valence-corrected chi connectivity index (χ4v) is 4.39. The fourth-order valence-electron chi connectivity index (χ4n) is 4.39. The Balaban J connectivity index is 1.44. The predicted molar refractivity (Wildman–Crippen MR) is 102 cm³/mol. The number of benzene rings is 1. The van der Waals surface area contributed by atoms with E-state index >= 15 is 0 Å². The molecule has 1 aromatic carbocycles. The van der Waals surface area contributed by atoms with E-state index in [9.17, 15) is 9.59 Å². The summed E-state index contributed by atoms with van der Waals surface area (Å²) in [6, 6.07) is 10.2. The van der Waals surface area contributed by atoms with Crippen molar-refractivity contribution < 1.29 is 9.59 Å². The lowest BCUT2D eigenvalue weighted by atomic mass is 10.1. The Morgan fingerprint density at radius 2 is 2.00 bits per heavy atom. The van der Waals surface area contributed by atoms with Crippen LogP contribution < -0.4 is 0 Å². The maximum atomic E-state index is 13.0. The molecule has 27 heavy (non-hydrogen) atoms. The molecular weight excluding hydrogens is 340 g/mol. The van der Waals surface area contributed by atoms with Crippen LogP contribution in [0.4, 0.5) is 0 Å². The standard InChI is InChI=1S/C21H26N4O2/c1-23(14-16-7-2-5-10-19(16)25-12-6-11-22-25)21(27)17-13-20(26)24(15-17)18-8-3-4-9-18/h2,5-7,10-12,17-18H,3-4,8-9,13-15H2,1H3/t17-/m0/s1. The molecule has 2 heterocycles. The zero-order valence-electron chi connectivity index (χ0n) is 15.8. The number of hydrogen-bond donors (Lipinski definition) is 0. The Kier molecular flexibility index (Phi) is 4.97. The van der Waals surface area contributed by atoms with Gasteiger partial charge in [0, 0.05) is 45.0 Å². The Bertz CT molecular complexity index is 811. The zero-order chi connectivity index (χ0) is 18.8. The van der Waals surface area contributed by atoms with E-state index < -0.39 is 0 Å². The van der Waals surface area contributed by atoms with Crippen LogP contribution in [-0.4, -0.2) is 51.0 Å². The number of para-hydroxylation sites is 1. The van der Waals surface area contributed by atoms with Crippen LogP contribution in [0, 0.1) is 5.92 Å². The van der Waals surface area contributed by atoms with Gasteiger partial charge in [-0.2, -0.15) is 5.10 Å². The highest BCUT2D eigenvalue weighted by Gasteiger charge is 2.39. The highest BCUT2D eigenvalue weighted by molar-refractivity contribution is 5.89. The van der Waals surface area contributed by atoms with Crippen LogP contribution in [0.2, 0.25) is 0 Å². The molecule has 1 aliphatic heterocycles. The molecule has 1 atom stereocenters. The number of rotatable bonds is 5. The molecule has 2 aromatic rings. The third kappa shape index (κ3) is 3.61. The molecule has 1 saturated carbocycles. The van der Waals surface area contributed by atoms with E-state index in [2.05, 4.69) is 5.10 Å². The first-order valence-corrected chi connectivity index (χ1v) is 9.76. The molecule has 1 saturated heterocycles. The summed E-state index contributed by atoms with van der Waals surface area (Å²) in [6.07, 6.45) is 8.54. The Labute approximate surface area is 159 Å². The summed E-state index contributed by atoms with van der Waals surface area (Å²) in [5.41, 5.74) is 2.01. The summed E-state index contributed by atoms with van der Waals surface area (Å²) in [6.45, 7) is 1.08. The van der Waals surface area contributed by atoms with Gasteiger partial charge in [0.2, 0.25) is 11.8 Å². The van der Waals surface area contributed by atoms with Crippen molar-refractivity contribution in [3.8, 4) is 5.69 Å². The second-order valence-electron chi connectivity index (χ2n) is 7.66. The average molecular weight is 366 g/mol. The number of carbonyl (C=O) groups is 2. The van der Waals surface area contributed by atoms with Crippen molar-refractivity contribution in [1.82, 2.24) is 19.6 Å². The molecule has 1 aromatic heterocycles. The van der Waals surface area contributed by atoms with Crippen molar-refractivity contribution in [3.05, 3.63) is 48.3 Å². The largest absolute Gasteiger partial charge is 0.341 e. The molecule has 1 aliphatic carbocycles. The molecular formula is C21H26N4O2. The van der Waals surface area contributed by atoms with Gasteiger partial charge in [-0.3, -0.25) is 9.59 Å². The molecule has 0 radical (unpaired) electrons. The monoisotopic (exact) mass is 366 g/mol. The quantitative estimate of drug-likeness (QED) is 0.817. The number of aromatic nitrogens is 2. The average Bonchev–Trinajstić information content (AvgIpc) is 3.43. The maximum absolute atomic E-state index is 13.0. The Hall–Kier alpha value is -2.63. The van der Waals surface area contributed by atoms with Gasteiger partial charge in [0.25, 0.3) is 0 Å². The summed E-state index contributed by atoms with van der Waals surface area (Å²) in [5.74, 6) is -0.0235. The van der Waals surface area contributed by atoms with E-state index in [-0.39, 0.29) is 17.7 Å². The van der Waals surface area contributed by atoms with Gasteiger partial charge >= 0.3 is 0 Å². The number of hydrogen-bond acceptors (Lipinski definition) is 3. The highest BCUT2D eigenvalue weighted by atomic mass is 16.2. The minimum Gasteiger partial charge on any atom is -0.341 e. The highest BCUT2D eigenvalue weighted by Crippen LogP contribution is 2.30. The molecule has 2 amide bonds. The van der Waals surface area contributed by atoms with Crippen LogP contribution in [0.5, 0.6) is 0 Å². The molecule has 6 heteroatoms. The summed E-state index contributed by atoms with van der Waals surface area (Å²) in [5, 5.41) is 4.30. The van der Waals surface area contributed by atoms with Gasteiger partial charge in [0.15, 0.2) is 0 Å². The molecule has 6 nitrogen and oxygen atoms in total. The second-order valence-corrected chi connectivity index (χ2v) is 7.66. The topological polar surface area (TPSA) is 58.4 Å². The molecule has 2 aliphatic rings. The van der Waals surface area contributed by atoms with Crippen LogP contribution in [0.25, 0.3) is 5.69 Å². The summed E-state index contributed by atoms with van der Waals surface area (Å²) in [4.78, 5) is 29.1. The van der Waals surface area contributed by atoms with Gasteiger partial charge < -0.3 is 9.80 Å². The van der Waals surface area contributed by atoms with Gasteiger partial charge in [-0.25, -0.2) is 4.68 Å². The number of nitrogens with zero attached hydrogens (tertiary/aromatic N) is 4. The van der Waals surface area contributed by atoms with Crippen molar-refractivity contribution in [1.29, 1.82) is 0 Å². The molecule has 142 valence electrons. The van der Waals surface area contributed by atoms with Crippen LogP contribution in [0.3, 0.4) is 0 Å². The summed E-state index contributed by atoms with van der Waals surface area (Å²) in [7, 11) is 1.82. The van der Waals surface area contributed by atoms with Crippen molar-refractivity contribution >= 4 is 11.8 Å². The van der Waals surface area contributed by atoms with E-state index in [1.165, 1.54) is 12.8 Å².